The fraction of sp³-hybridized carbons (Fsp3) is 0.700. The second-order valence-corrected chi connectivity index (χ2v) is 7.75. The molecule has 22 heavy (non-hydrogen) atoms. The lowest BCUT2D eigenvalue weighted by atomic mass is 9.50. The molecule has 3 aliphatic carbocycles. The summed E-state index contributed by atoms with van der Waals surface area (Å²) in [6, 6.07) is 0. The third-order valence-electron chi connectivity index (χ3n) is 6.92. The topological polar surface area (TPSA) is 21.8 Å². The summed E-state index contributed by atoms with van der Waals surface area (Å²) in [7, 11) is 0. The Bertz CT molecular complexity index is 548. The molecule has 5 aliphatic rings. The Labute approximate surface area is 133 Å². The largest absolute Gasteiger partial charge is 0.370 e. The van der Waals surface area contributed by atoms with Gasteiger partial charge >= 0.3 is 0 Å². The maximum atomic E-state index is 6.53. The molecule has 2 fully saturated rings. The molecule has 0 N–H and O–H groups in total. The van der Waals surface area contributed by atoms with Crippen molar-refractivity contribution in [3.05, 3.63) is 36.0 Å². The quantitative estimate of drug-likeness (QED) is 0.573. The minimum absolute atomic E-state index is 0.0496. The lowest BCUT2D eigenvalue weighted by Gasteiger charge is -2.64. The molecule has 0 aromatic heterocycles. The second kappa shape index (κ2) is 4.82. The minimum Gasteiger partial charge on any atom is -0.370 e. The summed E-state index contributed by atoms with van der Waals surface area (Å²) >= 11 is 0. The molecule has 0 saturated carbocycles. The van der Waals surface area contributed by atoms with Gasteiger partial charge in [-0.1, -0.05) is 36.0 Å². The maximum absolute atomic E-state index is 6.53. The van der Waals surface area contributed by atoms with Crippen LogP contribution in [0.1, 0.15) is 44.9 Å². The molecule has 4 unspecified atom stereocenters. The van der Waals surface area contributed by atoms with Crippen molar-refractivity contribution in [3.8, 4) is 0 Å². The molecule has 0 aromatic carbocycles. The minimum atomic E-state index is -0.0496. The van der Waals surface area contributed by atoms with Crippen molar-refractivity contribution in [2.24, 2.45) is 17.3 Å². The lowest BCUT2D eigenvalue weighted by molar-refractivity contribution is -0.298. The van der Waals surface area contributed by atoms with E-state index in [1.54, 1.807) is 5.57 Å². The van der Waals surface area contributed by atoms with E-state index in [2.05, 4.69) is 30.4 Å². The average Bonchev–Trinajstić information content (AvgIpc) is 3.00. The first-order valence-corrected chi connectivity index (χ1v) is 9.14. The number of hydrogen-bond acceptors (Lipinski definition) is 2. The molecule has 4 atom stereocenters. The zero-order valence-electron chi connectivity index (χ0n) is 13.3. The number of allylic oxidation sites excluding steroid dienone is 5. The first kappa shape index (κ1) is 13.6. The third-order valence-corrected chi connectivity index (χ3v) is 6.92. The third kappa shape index (κ3) is 1.58. The molecule has 0 amide bonds. The Hall–Kier alpha value is -0.860. The van der Waals surface area contributed by atoms with E-state index in [1.807, 2.05) is 0 Å². The van der Waals surface area contributed by atoms with Crippen molar-refractivity contribution in [3.63, 3.8) is 0 Å². The predicted octanol–water partition coefficient (Wildman–Crippen LogP) is 4.18. The molecule has 5 rings (SSSR count). The summed E-state index contributed by atoms with van der Waals surface area (Å²) in [6.45, 7) is 1.83. The van der Waals surface area contributed by atoms with Crippen molar-refractivity contribution in [2.45, 2.75) is 56.7 Å². The van der Waals surface area contributed by atoms with Crippen LogP contribution in [-0.2, 0) is 9.47 Å². The van der Waals surface area contributed by atoms with E-state index in [1.165, 1.54) is 44.9 Å². The molecule has 2 heterocycles. The summed E-state index contributed by atoms with van der Waals surface area (Å²) in [6.07, 6.45) is 21.3. The van der Waals surface area contributed by atoms with Crippen LogP contribution in [0.5, 0.6) is 0 Å². The standard InChI is InChI=1S/C20H26O2/c1-2-8-15(7-1)19(16-9-3-4-10-16)14-22-20(19,18-13-21-18)17-11-5-6-12-17/h1,5-7,9,15,17-18H,2-4,8,10-14H2. The number of epoxide rings is 1. The molecule has 0 spiro atoms. The van der Waals surface area contributed by atoms with Gasteiger partial charge in [-0.15, -0.1) is 0 Å². The van der Waals surface area contributed by atoms with E-state index in [0.717, 1.165) is 13.2 Å². The SMILES string of the molecule is C1=CC(C2(C3=CCCC3)COC2(C2CC=CC2)C2CO2)CC1. The summed E-state index contributed by atoms with van der Waals surface area (Å²) < 4.78 is 12.4. The van der Waals surface area contributed by atoms with Gasteiger partial charge in [-0.25, -0.2) is 0 Å². The number of ether oxygens (including phenoxy) is 2. The van der Waals surface area contributed by atoms with Crippen molar-refractivity contribution in [1.29, 1.82) is 0 Å². The normalized spacial score (nSPS) is 47.0. The van der Waals surface area contributed by atoms with Crippen LogP contribution in [0.4, 0.5) is 0 Å². The maximum Gasteiger partial charge on any atom is 0.112 e. The highest BCUT2D eigenvalue weighted by molar-refractivity contribution is 5.37. The van der Waals surface area contributed by atoms with Crippen molar-refractivity contribution in [2.75, 3.05) is 13.2 Å². The summed E-state index contributed by atoms with van der Waals surface area (Å²) in [5.74, 6) is 1.28. The molecule has 0 radical (unpaired) electrons. The summed E-state index contributed by atoms with van der Waals surface area (Å²) in [5, 5.41) is 0. The van der Waals surface area contributed by atoms with E-state index in [-0.39, 0.29) is 11.0 Å². The Morgan fingerprint density at radius 1 is 1.09 bits per heavy atom. The van der Waals surface area contributed by atoms with Gasteiger partial charge in [0.15, 0.2) is 0 Å². The molecule has 0 aromatic rings. The van der Waals surface area contributed by atoms with E-state index < -0.39 is 0 Å². The van der Waals surface area contributed by atoms with Crippen molar-refractivity contribution < 1.29 is 9.47 Å². The van der Waals surface area contributed by atoms with Gasteiger partial charge in [0.05, 0.1) is 18.6 Å². The van der Waals surface area contributed by atoms with Gasteiger partial charge in [-0.2, -0.15) is 0 Å². The van der Waals surface area contributed by atoms with Crippen molar-refractivity contribution in [1.82, 2.24) is 0 Å². The molecule has 2 heteroatoms. The van der Waals surface area contributed by atoms with Crippen LogP contribution in [0.3, 0.4) is 0 Å². The fourth-order valence-electron chi connectivity index (χ4n) is 5.88. The van der Waals surface area contributed by atoms with Crippen LogP contribution in [0.15, 0.2) is 36.0 Å². The highest BCUT2D eigenvalue weighted by atomic mass is 16.6. The van der Waals surface area contributed by atoms with Crippen LogP contribution in [0, 0.1) is 17.3 Å². The summed E-state index contributed by atoms with van der Waals surface area (Å²) in [4.78, 5) is 0. The highest BCUT2D eigenvalue weighted by Gasteiger charge is 2.73. The molecule has 0 bridgehead atoms. The van der Waals surface area contributed by atoms with Crippen LogP contribution in [0.25, 0.3) is 0 Å². The molecular formula is C20H26O2. The van der Waals surface area contributed by atoms with E-state index in [4.69, 9.17) is 9.47 Å². The Balaban J connectivity index is 1.61. The average molecular weight is 298 g/mol. The monoisotopic (exact) mass is 298 g/mol. The van der Waals surface area contributed by atoms with Crippen LogP contribution >= 0.6 is 0 Å². The van der Waals surface area contributed by atoms with Crippen LogP contribution in [0.2, 0.25) is 0 Å². The van der Waals surface area contributed by atoms with Gasteiger partial charge in [0.1, 0.15) is 11.7 Å². The Kier molecular flexibility index (Phi) is 2.97. The first-order chi connectivity index (χ1) is 10.9. The highest BCUT2D eigenvalue weighted by Crippen LogP contribution is 2.67. The van der Waals surface area contributed by atoms with Gasteiger partial charge in [0.2, 0.25) is 0 Å². The van der Waals surface area contributed by atoms with Gasteiger partial charge in [0.25, 0.3) is 0 Å². The van der Waals surface area contributed by atoms with E-state index in [9.17, 15) is 0 Å². The molecule has 118 valence electrons. The van der Waals surface area contributed by atoms with Gasteiger partial charge in [0, 0.05) is 0 Å². The molecule has 2 saturated heterocycles. The molecular weight excluding hydrogens is 272 g/mol. The Morgan fingerprint density at radius 2 is 1.95 bits per heavy atom. The zero-order chi connectivity index (χ0) is 14.6. The van der Waals surface area contributed by atoms with E-state index in [0.29, 0.717) is 17.9 Å². The van der Waals surface area contributed by atoms with Crippen LogP contribution in [-0.4, -0.2) is 24.9 Å². The second-order valence-electron chi connectivity index (χ2n) is 7.75. The molecule has 2 nitrogen and oxygen atoms in total. The lowest BCUT2D eigenvalue weighted by Crippen LogP contribution is -2.72. The van der Waals surface area contributed by atoms with Crippen molar-refractivity contribution >= 4 is 0 Å². The van der Waals surface area contributed by atoms with Gasteiger partial charge < -0.3 is 9.47 Å². The van der Waals surface area contributed by atoms with Crippen LogP contribution < -0.4 is 0 Å². The number of rotatable bonds is 4. The fourth-order valence-corrected chi connectivity index (χ4v) is 5.88. The zero-order valence-corrected chi connectivity index (χ0v) is 13.3. The molecule has 2 aliphatic heterocycles. The number of hydrogen-bond donors (Lipinski definition) is 0. The van der Waals surface area contributed by atoms with Gasteiger partial charge in [-0.3, -0.25) is 0 Å². The predicted molar refractivity (Wildman–Crippen MR) is 86.5 cm³/mol. The Morgan fingerprint density at radius 3 is 2.50 bits per heavy atom. The summed E-state index contributed by atoms with van der Waals surface area (Å²) in [5.41, 5.74) is 1.89. The first-order valence-electron chi connectivity index (χ1n) is 9.14. The smallest absolute Gasteiger partial charge is 0.112 e. The van der Waals surface area contributed by atoms with E-state index >= 15 is 0 Å². The van der Waals surface area contributed by atoms with Gasteiger partial charge in [-0.05, 0) is 56.8 Å².